The number of amides is 2. The molecule has 3 fully saturated rings. The Morgan fingerprint density at radius 2 is 1.70 bits per heavy atom. The van der Waals surface area contributed by atoms with Gasteiger partial charge in [0.15, 0.2) is 0 Å². The summed E-state index contributed by atoms with van der Waals surface area (Å²) in [4.78, 5) is 27.2. The Balaban J connectivity index is 1.48. The topological polar surface area (TPSA) is 61.2 Å². The summed E-state index contributed by atoms with van der Waals surface area (Å²) in [5, 5.41) is 9.21. The van der Waals surface area contributed by atoms with E-state index in [1.54, 1.807) is 12.1 Å². The van der Waals surface area contributed by atoms with Gasteiger partial charge in [0.1, 0.15) is 0 Å². The molecular formula is C19H16N2O2. The molecule has 0 aromatic heterocycles. The van der Waals surface area contributed by atoms with Gasteiger partial charge in [-0.05, 0) is 41.7 Å². The summed E-state index contributed by atoms with van der Waals surface area (Å²) in [6, 6.07) is 9.33. The monoisotopic (exact) mass is 304 g/mol. The van der Waals surface area contributed by atoms with Gasteiger partial charge < -0.3 is 0 Å². The first-order chi connectivity index (χ1) is 11.2. The number of hydrogen-bond acceptors (Lipinski definition) is 3. The van der Waals surface area contributed by atoms with Crippen molar-refractivity contribution >= 4 is 11.8 Å². The Morgan fingerprint density at radius 1 is 1.09 bits per heavy atom. The fraction of sp³-hybridized carbons (Fsp3) is 0.421. The maximum absolute atomic E-state index is 12.9. The fourth-order valence-electron chi connectivity index (χ4n) is 5.23. The zero-order valence-corrected chi connectivity index (χ0v) is 12.6. The van der Waals surface area contributed by atoms with Gasteiger partial charge in [0, 0.05) is 0 Å². The minimum Gasteiger partial charge on any atom is -0.278 e. The van der Waals surface area contributed by atoms with Crippen molar-refractivity contribution in [2.45, 2.75) is 19.4 Å². The van der Waals surface area contributed by atoms with E-state index < -0.39 is 0 Å². The molecule has 1 saturated heterocycles. The maximum atomic E-state index is 12.9. The largest absolute Gasteiger partial charge is 0.278 e. The van der Waals surface area contributed by atoms with Gasteiger partial charge in [-0.1, -0.05) is 30.4 Å². The number of allylic oxidation sites excluding steroid dienone is 2. The van der Waals surface area contributed by atoms with E-state index in [1.165, 1.54) is 4.90 Å². The smallest absolute Gasteiger partial charge is 0.234 e. The van der Waals surface area contributed by atoms with Crippen LogP contribution in [0.2, 0.25) is 0 Å². The van der Waals surface area contributed by atoms with Gasteiger partial charge in [-0.15, -0.1) is 0 Å². The molecule has 0 unspecified atom stereocenters. The lowest BCUT2D eigenvalue weighted by Gasteiger charge is -2.22. The number of nitriles is 1. The number of fused-ring (bicyclic) bond motifs is 3. The summed E-state index contributed by atoms with van der Waals surface area (Å²) in [6.07, 6.45) is 6.66. The molecule has 4 atom stereocenters. The molecule has 2 amide bonds. The number of carbonyl (C=O) groups is 2. The van der Waals surface area contributed by atoms with Gasteiger partial charge in [0.05, 0.1) is 30.0 Å². The predicted octanol–water partition coefficient (Wildman–Crippen LogP) is 2.26. The average Bonchev–Trinajstić information content (AvgIpc) is 3.18. The van der Waals surface area contributed by atoms with Gasteiger partial charge in [-0.25, -0.2) is 0 Å². The van der Waals surface area contributed by atoms with Gasteiger partial charge >= 0.3 is 0 Å². The normalized spacial score (nSPS) is 35.0. The molecule has 23 heavy (non-hydrogen) atoms. The first-order valence-corrected chi connectivity index (χ1v) is 8.19. The van der Waals surface area contributed by atoms with Crippen molar-refractivity contribution in [3.8, 4) is 6.07 Å². The lowest BCUT2D eigenvalue weighted by atomic mass is 9.85. The molecule has 1 aromatic rings. The highest BCUT2D eigenvalue weighted by Crippen LogP contribution is 2.73. The lowest BCUT2D eigenvalue weighted by molar-refractivity contribution is -0.141. The highest BCUT2D eigenvalue weighted by molar-refractivity contribution is 6.06. The fourth-order valence-corrected chi connectivity index (χ4v) is 5.23. The molecule has 2 saturated carbocycles. The molecule has 0 radical (unpaired) electrons. The van der Waals surface area contributed by atoms with Crippen molar-refractivity contribution < 1.29 is 9.59 Å². The number of imide groups is 1. The molecule has 1 heterocycles. The number of nitrogens with zero attached hydrogens (tertiary/aromatic N) is 2. The average molecular weight is 304 g/mol. The van der Waals surface area contributed by atoms with Gasteiger partial charge in [0.2, 0.25) is 11.8 Å². The third kappa shape index (κ3) is 1.45. The van der Waals surface area contributed by atoms with E-state index in [-0.39, 0.29) is 47.4 Å². The van der Waals surface area contributed by atoms with Crippen LogP contribution in [-0.2, 0) is 16.1 Å². The van der Waals surface area contributed by atoms with E-state index in [2.05, 4.69) is 18.2 Å². The van der Waals surface area contributed by atoms with Crippen LogP contribution in [0.4, 0.5) is 0 Å². The van der Waals surface area contributed by atoms with Gasteiger partial charge in [-0.3, -0.25) is 14.5 Å². The molecule has 1 aromatic carbocycles. The first kappa shape index (κ1) is 13.1. The predicted molar refractivity (Wildman–Crippen MR) is 81.5 cm³/mol. The molecular weight excluding hydrogens is 288 g/mol. The number of likely N-dealkylation sites (tertiary alicyclic amines) is 1. The standard InChI is InChI=1S/C19H16N2O2/c20-9-11-3-1-2-4-12(11)10-21-17(22)15-13-5-6-14(16(15)18(21)23)19(13)7-8-19/h1-6,13-16H,7-8,10H2/t13-,14-,15-,16-/m0/s1. The molecule has 4 aliphatic rings. The van der Waals surface area contributed by atoms with Crippen molar-refractivity contribution in [3.05, 3.63) is 47.5 Å². The molecule has 4 nitrogen and oxygen atoms in total. The third-order valence-electron chi connectivity index (χ3n) is 6.41. The zero-order chi connectivity index (χ0) is 15.8. The highest BCUT2D eigenvalue weighted by atomic mass is 16.2. The number of hydrogen-bond donors (Lipinski definition) is 0. The SMILES string of the molecule is N#Cc1ccccc1CN1C(=O)[C@@H]2[C@@H](C1=O)[C@@H]1C=C[C@@H]2C12CC2. The summed E-state index contributed by atoms with van der Waals surface area (Å²) in [5.74, 6) is 0.130. The van der Waals surface area contributed by atoms with Crippen molar-refractivity contribution in [2.24, 2.45) is 29.1 Å². The number of rotatable bonds is 2. The first-order valence-electron chi connectivity index (χ1n) is 8.19. The molecule has 1 spiro atoms. The van der Waals surface area contributed by atoms with E-state index in [0.29, 0.717) is 5.56 Å². The van der Waals surface area contributed by atoms with Crippen LogP contribution >= 0.6 is 0 Å². The Kier molecular flexibility index (Phi) is 2.33. The van der Waals surface area contributed by atoms with Gasteiger partial charge in [-0.2, -0.15) is 5.26 Å². The van der Waals surface area contributed by atoms with Crippen LogP contribution in [0.3, 0.4) is 0 Å². The second kappa shape index (κ2) is 4.11. The summed E-state index contributed by atoms with van der Waals surface area (Å²) >= 11 is 0. The quantitative estimate of drug-likeness (QED) is 0.622. The molecule has 5 rings (SSSR count). The Morgan fingerprint density at radius 3 is 2.26 bits per heavy atom. The Hall–Kier alpha value is -2.41. The molecule has 1 aliphatic heterocycles. The molecule has 0 N–H and O–H groups in total. The minimum absolute atomic E-state index is 0.0316. The minimum atomic E-state index is -0.158. The van der Waals surface area contributed by atoms with Crippen molar-refractivity contribution in [1.29, 1.82) is 5.26 Å². The van der Waals surface area contributed by atoms with E-state index in [9.17, 15) is 14.9 Å². The van der Waals surface area contributed by atoms with E-state index in [1.807, 2.05) is 12.1 Å². The highest BCUT2D eigenvalue weighted by Gasteiger charge is 2.73. The van der Waals surface area contributed by atoms with Crippen molar-refractivity contribution in [3.63, 3.8) is 0 Å². The van der Waals surface area contributed by atoms with Crippen LogP contribution in [0.15, 0.2) is 36.4 Å². The lowest BCUT2D eigenvalue weighted by Crippen LogP contribution is -2.34. The van der Waals surface area contributed by atoms with Crippen LogP contribution < -0.4 is 0 Å². The summed E-state index contributed by atoms with van der Waals surface area (Å²) in [7, 11) is 0. The molecule has 3 aliphatic carbocycles. The van der Waals surface area contributed by atoms with Crippen LogP contribution in [-0.4, -0.2) is 16.7 Å². The zero-order valence-electron chi connectivity index (χ0n) is 12.6. The molecule has 114 valence electrons. The van der Waals surface area contributed by atoms with Crippen LogP contribution in [0.5, 0.6) is 0 Å². The van der Waals surface area contributed by atoms with Crippen LogP contribution in [0, 0.1) is 40.4 Å². The maximum Gasteiger partial charge on any atom is 0.234 e. The van der Waals surface area contributed by atoms with E-state index in [4.69, 9.17) is 0 Å². The van der Waals surface area contributed by atoms with Crippen LogP contribution in [0.25, 0.3) is 0 Å². The van der Waals surface area contributed by atoms with Crippen molar-refractivity contribution in [2.75, 3.05) is 0 Å². The summed E-state index contributed by atoms with van der Waals surface area (Å²) in [6.45, 7) is 0.223. The van der Waals surface area contributed by atoms with E-state index >= 15 is 0 Å². The Bertz CT molecular complexity index is 781. The molecule has 2 bridgehead atoms. The second-order valence-corrected chi connectivity index (χ2v) is 7.25. The third-order valence-corrected chi connectivity index (χ3v) is 6.41. The van der Waals surface area contributed by atoms with Crippen molar-refractivity contribution in [1.82, 2.24) is 4.90 Å². The Labute approximate surface area is 134 Å². The van der Waals surface area contributed by atoms with Crippen LogP contribution in [0.1, 0.15) is 24.0 Å². The number of benzene rings is 1. The number of carbonyl (C=O) groups excluding carboxylic acids is 2. The molecule has 4 heteroatoms. The van der Waals surface area contributed by atoms with E-state index in [0.717, 1.165) is 18.4 Å². The van der Waals surface area contributed by atoms with Gasteiger partial charge in [0.25, 0.3) is 0 Å². The summed E-state index contributed by atoms with van der Waals surface area (Å²) < 4.78 is 0. The summed E-state index contributed by atoms with van der Waals surface area (Å²) in [5.41, 5.74) is 1.51. The second-order valence-electron chi connectivity index (χ2n) is 7.25.